The van der Waals surface area contributed by atoms with Crippen molar-refractivity contribution in [1.29, 1.82) is 0 Å². The van der Waals surface area contributed by atoms with E-state index in [0.717, 1.165) is 27.9 Å². The Labute approximate surface area is 281 Å². The van der Waals surface area contributed by atoms with Crippen molar-refractivity contribution < 1.29 is 19.1 Å². The summed E-state index contributed by atoms with van der Waals surface area (Å²) in [5, 5.41) is 9.28. The van der Waals surface area contributed by atoms with Crippen molar-refractivity contribution in [1.82, 2.24) is 20.4 Å². The zero-order valence-corrected chi connectivity index (χ0v) is 28.1. The molecule has 250 valence electrons. The van der Waals surface area contributed by atoms with Crippen molar-refractivity contribution in [2.45, 2.75) is 78.5 Å². The summed E-state index contributed by atoms with van der Waals surface area (Å²) in [7, 11) is 0. The van der Waals surface area contributed by atoms with Gasteiger partial charge in [0, 0.05) is 23.6 Å². The van der Waals surface area contributed by atoms with E-state index in [0.29, 0.717) is 43.2 Å². The van der Waals surface area contributed by atoms with Gasteiger partial charge >= 0.3 is 5.97 Å². The Morgan fingerprint density at radius 3 is 2.27 bits per heavy atom. The monoisotopic (exact) mass is 648 g/mol. The molecule has 1 fully saturated rings. The number of H-pyrrole nitrogens is 1. The second-order valence-corrected chi connectivity index (χ2v) is 12.6. The van der Waals surface area contributed by atoms with Crippen LogP contribution in [0.2, 0.25) is 0 Å². The van der Waals surface area contributed by atoms with Gasteiger partial charge in [0.15, 0.2) is 0 Å². The third kappa shape index (κ3) is 7.40. The lowest BCUT2D eigenvalue weighted by atomic mass is 9.74. The Morgan fingerprint density at radius 2 is 1.60 bits per heavy atom. The molecule has 0 bridgehead atoms. The van der Waals surface area contributed by atoms with Gasteiger partial charge in [-0.3, -0.25) is 19.2 Å². The smallest absolute Gasteiger partial charge is 0.314 e. The fourth-order valence-corrected chi connectivity index (χ4v) is 7.00. The number of benzene rings is 3. The van der Waals surface area contributed by atoms with E-state index in [1.807, 2.05) is 99.3 Å². The van der Waals surface area contributed by atoms with Crippen LogP contribution in [0.4, 0.5) is 0 Å². The maximum Gasteiger partial charge on any atom is 0.314 e. The van der Waals surface area contributed by atoms with E-state index in [9.17, 15) is 19.2 Å². The molecule has 0 spiro atoms. The topological polar surface area (TPSA) is 121 Å². The molecule has 9 nitrogen and oxygen atoms in total. The molecule has 0 unspecified atom stereocenters. The Hall–Kier alpha value is -5.05. The standard InChI is InChI=1S/C39H44N4O5/c1-5-39(6-2,38(47)48-25-28-13-9-7-10-14-28)34-20-19-33(29-15-11-8-12-16-29)43(34)35(44)24-40-36(45)31-18-17-30(26(3)21-31)23-32-22-27(4)41-42-37(32)46/h7-18,21-22,33-34H,5-6,19-20,23-25H2,1-4H3,(H,40,45)(H,42,46)/t33-,34+/m0/s1. The van der Waals surface area contributed by atoms with Crippen LogP contribution in [0.3, 0.4) is 0 Å². The Bertz CT molecular complexity index is 1800. The molecule has 48 heavy (non-hydrogen) atoms. The summed E-state index contributed by atoms with van der Waals surface area (Å²) in [5.74, 6) is -0.930. The van der Waals surface area contributed by atoms with Crippen LogP contribution in [0.5, 0.6) is 0 Å². The predicted octanol–water partition coefficient (Wildman–Crippen LogP) is 5.99. The molecule has 2 N–H and O–H groups in total. The van der Waals surface area contributed by atoms with Crippen molar-refractivity contribution >= 4 is 17.8 Å². The van der Waals surface area contributed by atoms with E-state index >= 15 is 0 Å². The molecule has 4 aromatic rings. The number of amides is 2. The van der Waals surface area contributed by atoms with Gasteiger partial charge in [-0.15, -0.1) is 0 Å². The largest absolute Gasteiger partial charge is 0.460 e. The number of ether oxygens (including phenoxy) is 1. The molecule has 5 rings (SSSR count). The number of nitrogens with zero attached hydrogens (tertiary/aromatic N) is 2. The summed E-state index contributed by atoms with van der Waals surface area (Å²) in [6.45, 7) is 7.61. The molecule has 0 aliphatic carbocycles. The van der Waals surface area contributed by atoms with E-state index in [-0.39, 0.29) is 42.5 Å². The molecule has 2 atom stereocenters. The van der Waals surface area contributed by atoms with E-state index in [2.05, 4.69) is 15.5 Å². The molecule has 9 heteroatoms. The second kappa shape index (κ2) is 15.2. The number of likely N-dealkylation sites (tertiary alicyclic amines) is 1. The minimum absolute atomic E-state index is 0.164. The predicted molar refractivity (Wildman–Crippen MR) is 184 cm³/mol. The SMILES string of the molecule is CCC(CC)(C(=O)OCc1ccccc1)[C@H]1CC[C@@H](c2ccccc2)N1C(=O)CNC(=O)c1ccc(Cc2cc(C)n[nH]c2=O)c(C)c1. The molecular formula is C39H44N4O5. The Balaban J connectivity index is 1.34. The van der Waals surface area contributed by atoms with Crippen molar-refractivity contribution in [3.63, 3.8) is 0 Å². The molecule has 2 amide bonds. The van der Waals surface area contributed by atoms with Gasteiger partial charge in [0.25, 0.3) is 11.5 Å². The highest BCUT2D eigenvalue weighted by molar-refractivity contribution is 5.97. The number of aryl methyl sites for hydroxylation is 2. The quantitative estimate of drug-likeness (QED) is 0.182. The van der Waals surface area contributed by atoms with Crippen LogP contribution < -0.4 is 10.9 Å². The Kier molecular flexibility index (Phi) is 10.9. The highest BCUT2D eigenvalue weighted by atomic mass is 16.5. The van der Waals surface area contributed by atoms with E-state index in [4.69, 9.17) is 4.74 Å². The van der Waals surface area contributed by atoms with Gasteiger partial charge in [0.05, 0.1) is 23.7 Å². The molecule has 0 saturated carbocycles. The number of carbonyl (C=O) groups is 3. The summed E-state index contributed by atoms with van der Waals surface area (Å²) < 4.78 is 5.91. The molecule has 1 saturated heterocycles. The molecule has 1 aromatic heterocycles. The number of carbonyl (C=O) groups excluding carboxylic acids is 3. The van der Waals surface area contributed by atoms with E-state index in [1.165, 1.54) is 0 Å². The number of aromatic amines is 1. The minimum Gasteiger partial charge on any atom is -0.460 e. The summed E-state index contributed by atoms with van der Waals surface area (Å²) in [4.78, 5) is 55.5. The molecule has 1 aliphatic heterocycles. The minimum atomic E-state index is -0.903. The van der Waals surface area contributed by atoms with Gasteiger partial charge in [-0.2, -0.15) is 5.10 Å². The van der Waals surface area contributed by atoms with Crippen LogP contribution in [-0.2, 0) is 27.4 Å². The van der Waals surface area contributed by atoms with Crippen molar-refractivity contribution in [2.75, 3.05) is 6.54 Å². The molecule has 0 radical (unpaired) electrons. The van der Waals surface area contributed by atoms with Gasteiger partial charge in [-0.1, -0.05) is 80.6 Å². The zero-order valence-electron chi connectivity index (χ0n) is 28.1. The molecule has 3 aromatic carbocycles. The lowest BCUT2D eigenvalue weighted by Crippen LogP contribution is -2.53. The number of hydrogen-bond donors (Lipinski definition) is 2. The average molecular weight is 649 g/mol. The molecule has 2 heterocycles. The Morgan fingerprint density at radius 1 is 0.917 bits per heavy atom. The first-order chi connectivity index (χ1) is 23.2. The summed E-state index contributed by atoms with van der Waals surface area (Å²) in [6.07, 6.45) is 2.77. The molecule has 1 aliphatic rings. The third-order valence-corrected chi connectivity index (χ3v) is 9.77. The van der Waals surface area contributed by atoms with Crippen molar-refractivity contribution in [2.24, 2.45) is 5.41 Å². The summed E-state index contributed by atoms with van der Waals surface area (Å²) >= 11 is 0. The van der Waals surface area contributed by atoms with Crippen molar-refractivity contribution in [3.8, 4) is 0 Å². The normalized spacial score (nSPS) is 16.0. The lowest BCUT2D eigenvalue weighted by Gasteiger charge is -2.42. The van der Waals surface area contributed by atoms with Crippen LogP contribution in [0, 0.1) is 19.3 Å². The first kappa shape index (κ1) is 34.3. The first-order valence-electron chi connectivity index (χ1n) is 16.7. The van der Waals surface area contributed by atoms with Gasteiger partial charge in [-0.25, -0.2) is 5.10 Å². The van der Waals surface area contributed by atoms with E-state index < -0.39 is 11.5 Å². The highest BCUT2D eigenvalue weighted by Crippen LogP contribution is 2.47. The van der Waals surface area contributed by atoms with Gasteiger partial charge < -0.3 is 15.0 Å². The van der Waals surface area contributed by atoms with Gasteiger partial charge in [0.1, 0.15) is 6.61 Å². The number of aromatic nitrogens is 2. The van der Waals surface area contributed by atoms with Crippen LogP contribution >= 0.6 is 0 Å². The zero-order chi connectivity index (χ0) is 34.3. The first-order valence-corrected chi connectivity index (χ1v) is 16.7. The lowest BCUT2D eigenvalue weighted by molar-refractivity contribution is -0.164. The fraction of sp³-hybridized carbons (Fsp3) is 0.359. The maximum atomic E-state index is 14.2. The highest BCUT2D eigenvalue weighted by Gasteiger charge is 2.52. The molecular weight excluding hydrogens is 604 g/mol. The third-order valence-electron chi connectivity index (χ3n) is 9.77. The van der Waals surface area contributed by atoms with Gasteiger partial charge in [-0.05, 0) is 80.0 Å². The number of rotatable bonds is 12. The number of hydrogen-bond acceptors (Lipinski definition) is 6. The van der Waals surface area contributed by atoms with Crippen LogP contribution in [0.25, 0.3) is 0 Å². The fourth-order valence-electron chi connectivity index (χ4n) is 7.00. The van der Waals surface area contributed by atoms with Gasteiger partial charge in [0.2, 0.25) is 5.91 Å². The number of esters is 1. The van der Waals surface area contributed by atoms with Crippen LogP contribution in [-0.4, -0.2) is 45.5 Å². The summed E-state index contributed by atoms with van der Waals surface area (Å²) in [6, 6.07) is 25.9. The average Bonchev–Trinajstić information content (AvgIpc) is 3.56. The number of nitrogens with one attached hydrogen (secondary N) is 2. The van der Waals surface area contributed by atoms with Crippen LogP contribution in [0.1, 0.15) is 89.4 Å². The maximum absolute atomic E-state index is 14.2. The summed E-state index contributed by atoms with van der Waals surface area (Å²) in [5.41, 5.74) is 4.26. The van der Waals surface area contributed by atoms with Crippen LogP contribution in [0.15, 0.2) is 89.7 Å². The van der Waals surface area contributed by atoms with E-state index in [1.54, 1.807) is 18.2 Å². The second-order valence-electron chi connectivity index (χ2n) is 12.6. The van der Waals surface area contributed by atoms with Crippen molar-refractivity contribution in [3.05, 3.63) is 134 Å².